The molecule has 2 amide bonds. The van der Waals surface area contributed by atoms with Crippen LogP contribution in [0, 0.1) is 0 Å². The van der Waals surface area contributed by atoms with Gasteiger partial charge in [-0.1, -0.05) is 65.7 Å². The minimum absolute atomic E-state index is 0.0994. The number of ether oxygens (including phenoxy) is 1. The second-order valence-electron chi connectivity index (χ2n) is 12.7. The van der Waals surface area contributed by atoms with Crippen LogP contribution in [0.2, 0.25) is 10.0 Å². The standard InChI is InChI=1S/C37H38Cl2N8O3/c1-47-30-14-13-28(44-36(30)46-31(47)20-41-19-23-11-16-33(49)43-23)26-7-3-5-24(34(26)38)25-6-4-8-27(35(25)39)29-12-9-21(37(45-29)50-2)17-40-18-22-10-15-32(48)42-22/h3-9,12-14,22-23,40-41H,10-11,15-20H2,1-2H3,(H,42,48)(H,43,49)/t22-,23+/m1/s1. The Labute approximate surface area is 300 Å². The van der Waals surface area contributed by atoms with Crippen LogP contribution in [0.1, 0.15) is 37.1 Å². The molecule has 2 aliphatic rings. The lowest BCUT2D eigenvalue weighted by Crippen LogP contribution is -2.35. The number of amides is 2. The molecule has 5 aromatic rings. The van der Waals surface area contributed by atoms with Gasteiger partial charge in [-0.15, -0.1) is 0 Å². The van der Waals surface area contributed by atoms with E-state index >= 15 is 0 Å². The highest BCUT2D eigenvalue weighted by atomic mass is 35.5. The van der Waals surface area contributed by atoms with Crippen LogP contribution < -0.4 is 26.0 Å². The average molecular weight is 714 g/mol. The molecule has 0 bridgehead atoms. The van der Waals surface area contributed by atoms with E-state index in [0.29, 0.717) is 72.0 Å². The first kappa shape index (κ1) is 33.9. The van der Waals surface area contributed by atoms with Crippen molar-refractivity contribution >= 4 is 46.2 Å². The molecule has 2 atom stereocenters. The first-order valence-corrected chi connectivity index (χ1v) is 17.5. The summed E-state index contributed by atoms with van der Waals surface area (Å²) in [6.07, 6.45) is 2.83. The molecule has 2 aromatic carbocycles. The Hall–Kier alpha value is -4.55. The Bertz CT molecular complexity index is 2080. The molecule has 0 radical (unpaired) electrons. The third kappa shape index (κ3) is 7.04. The number of benzene rings is 2. The highest BCUT2D eigenvalue weighted by Gasteiger charge is 2.22. The summed E-state index contributed by atoms with van der Waals surface area (Å²) in [4.78, 5) is 37.5. The number of halogens is 2. The molecule has 0 unspecified atom stereocenters. The lowest BCUT2D eigenvalue weighted by Gasteiger charge is -2.15. The summed E-state index contributed by atoms with van der Waals surface area (Å²) < 4.78 is 7.68. The number of imidazole rings is 1. The molecule has 0 aliphatic carbocycles. The third-order valence-electron chi connectivity index (χ3n) is 9.36. The molecule has 2 saturated heterocycles. The van der Waals surface area contributed by atoms with E-state index in [1.807, 2.05) is 72.3 Å². The Morgan fingerprint density at radius 3 is 1.90 bits per heavy atom. The van der Waals surface area contributed by atoms with Crippen LogP contribution in [0.25, 0.3) is 44.8 Å². The molecule has 0 saturated carbocycles. The van der Waals surface area contributed by atoms with Crippen molar-refractivity contribution in [3.8, 4) is 39.5 Å². The third-order valence-corrected chi connectivity index (χ3v) is 10.2. The molecule has 13 heteroatoms. The molecule has 2 aliphatic heterocycles. The van der Waals surface area contributed by atoms with Gasteiger partial charge in [-0.3, -0.25) is 9.59 Å². The molecule has 258 valence electrons. The Morgan fingerprint density at radius 1 is 0.760 bits per heavy atom. The summed E-state index contributed by atoms with van der Waals surface area (Å²) in [5, 5.41) is 13.8. The van der Waals surface area contributed by atoms with Crippen LogP contribution in [0.4, 0.5) is 0 Å². The van der Waals surface area contributed by atoms with Crippen LogP contribution in [-0.2, 0) is 29.7 Å². The lowest BCUT2D eigenvalue weighted by atomic mass is 9.98. The summed E-state index contributed by atoms with van der Waals surface area (Å²) in [6.45, 7) is 2.48. The summed E-state index contributed by atoms with van der Waals surface area (Å²) in [5.74, 6) is 1.56. The number of carbonyl (C=O) groups is 2. The molecule has 3 aromatic heterocycles. The summed E-state index contributed by atoms with van der Waals surface area (Å²) >= 11 is 14.2. The second-order valence-corrected chi connectivity index (χ2v) is 13.4. The van der Waals surface area contributed by atoms with Crippen LogP contribution >= 0.6 is 23.2 Å². The molecule has 5 heterocycles. The van der Waals surface area contributed by atoms with E-state index < -0.39 is 0 Å². The van der Waals surface area contributed by atoms with E-state index in [-0.39, 0.29) is 23.9 Å². The minimum atomic E-state index is 0.0994. The van der Waals surface area contributed by atoms with Crippen molar-refractivity contribution in [3.63, 3.8) is 0 Å². The lowest BCUT2D eigenvalue weighted by molar-refractivity contribution is -0.120. The monoisotopic (exact) mass is 712 g/mol. The van der Waals surface area contributed by atoms with Gasteiger partial charge in [0.05, 0.1) is 40.6 Å². The smallest absolute Gasteiger partial charge is 0.220 e. The summed E-state index contributed by atoms with van der Waals surface area (Å²) in [6, 6.07) is 19.8. The maximum Gasteiger partial charge on any atom is 0.220 e. The van der Waals surface area contributed by atoms with Crippen LogP contribution in [0.15, 0.2) is 60.7 Å². The number of rotatable bonds is 12. The zero-order valence-corrected chi connectivity index (χ0v) is 29.4. The average Bonchev–Trinajstić information content (AvgIpc) is 3.82. The number of nitrogens with one attached hydrogen (secondary N) is 4. The van der Waals surface area contributed by atoms with E-state index in [4.69, 9.17) is 42.9 Å². The van der Waals surface area contributed by atoms with Crippen molar-refractivity contribution in [2.45, 2.75) is 50.9 Å². The van der Waals surface area contributed by atoms with Crippen molar-refractivity contribution in [2.24, 2.45) is 7.05 Å². The number of methoxy groups -OCH3 is 1. The molecule has 11 nitrogen and oxygen atoms in total. The normalized spacial score (nSPS) is 17.4. The van der Waals surface area contributed by atoms with Gasteiger partial charge in [-0.2, -0.15) is 0 Å². The largest absolute Gasteiger partial charge is 0.481 e. The zero-order chi connectivity index (χ0) is 34.8. The first-order valence-electron chi connectivity index (χ1n) is 16.7. The number of nitrogens with zero attached hydrogens (tertiary/aromatic N) is 4. The molecule has 2 fully saturated rings. The van der Waals surface area contributed by atoms with Gasteiger partial charge >= 0.3 is 0 Å². The van der Waals surface area contributed by atoms with Crippen LogP contribution in [0.3, 0.4) is 0 Å². The van der Waals surface area contributed by atoms with Gasteiger partial charge in [0.25, 0.3) is 0 Å². The van der Waals surface area contributed by atoms with Crippen molar-refractivity contribution in [1.82, 2.24) is 40.8 Å². The zero-order valence-electron chi connectivity index (χ0n) is 27.9. The highest BCUT2D eigenvalue weighted by Crippen LogP contribution is 2.42. The van der Waals surface area contributed by atoms with Gasteiger partial charge in [-0.25, -0.2) is 15.0 Å². The van der Waals surface area contributed by atoms with Crippen molar-refractivity contribution in [2.75, 3.05) is 20.2 Å². The van der Waals surface area contributed by atoms with E-state index in [2.05, 4.69) is 21.3 Å². The maximum atomic E-state index is 11.5. The number of hydrogen-bond donors (Lipinski definition) is 4. The van der Waals surface area contributed by atoms with E-state index in [1.165, 1.54) is 0 Å². The van der Waals surface area contributed by atoms with E-state index in [0.717, 1.165) is 52.0 Å². The fourth-order valence-corrected chi connectivity index (χ4v) is 7.29. The first-order chi connectivity index (χ1) is 24.3. The summed E-state index contributed by atoms with van der Waals surface area (Å²) in [5.41, 5.74) is 6.88. The predicted octanol–water partition coefficient (Wildman–Crippen LogP) is 5.42. The van der Waals surface area contributed by atoms with Gasteiger partial charge in [0.2, 0.25) is 17.7 Å². The Morgan fingerprint density at radius 2 is 1.32 bits per heavy atom. The molecular weight excluding hydrogens is 675 g/mol. The van der Waals surface area contributed by atoms with E-state index in [9.17, 15) is 9.59 Å². The number of aromatic nitrogens is 4. The van der Waals surface area contributed by atoms with Crippen LogP contribution in [-0.4, -0.2) is 63.6 Å². The predicted molar refractivity (Wildman–Crippen MR) is 195 cm³/mol. The van der Waals surface area contributed by atoms with Gasteiger partial charge in [0.15, 0.2) is 5.65 Å². The number of aryl methyl sites for hydroxylation is 1. The Balaban J connectivity index is 1.10. The van der Waals surface area contributed by atoms with Gasteiger partial charge in [0.1, 0.15) is 5.82 Å². The van der Waals surface area contributed by atoms with Gasteiger partial charge < -0.3 is 30.6 Å². The molecular formula is C37H38Cl2N8O3. The van der Waals surface area contributed by atoms with E-state index in [1.54, 1.807) is 7.11 Å². The van der Waals surface area contributed by atoms with Crippen molar-refractivity contribution in [3.05, 3.63) is 82.1 Å². The van der Waals surface area contributed by atoms with Crippen molar-refractivity contribution < 1.29 is 14.3 Å². The van der Waals surface area contributed by atoms with Crippen LogP contribution in [0.5, 0.6) is 5.88 Å². The number of pyridine rings is 2. The quantitative estimate of drug-likeness (QED) is 0.135. The SMILES string of the molecule is COc1nc(-c2cccc(-c3cccc(-c4ccc5c(n4)nc(CNC[C@@H]4CCC(=O)N4)n5C)c3Cl)c2Cl)ccc1CNC[C@H]1CCC(=O)N1. The molecule has 4 N–H and O–H groups in total. The minimum Gasteiger partial charge on any atom is -0.481 e. The maximum absolute atomic E-state index is 11.5. The molecule has 0 spiro atoms. The van der Waals surface area contributed by atoms with Crippen molar-refractivity contribution in [1.29, 1.82) is 0 Å². The Kier molecular flexibility index (Phi) is 10.0. The molecule has 50 heavy (non-hydrogen) atoms. The number of carbonyl (C=O) groups excluding carboxylic acids is 2. The van der Waals surface area contributed by atoms with Gasteiger partial charge in [-0.05, 0) is 31.0 Å². The summed E-state index contributed by atoms with van der Waals surface area (Å²) in [7, 11) is 3.57. The topological polar surface area (TPSA) is 135 Å². The fraction of sp³-hybridized carbons (Fsp3) is 0.324. The highest BCUT2D eigenvalue weighted by molar-refractivity contribution is 6.39. The number of hydrogen-bond acceptors (Lipinski definition) is 8. The second kappa shape index (κ2) is 14.7. The van der Waals surface area contributed by atoms with Gasteiger partial charge in [0, 0.05) is 79.4 Å². The number of fused-ring (bicyclic) bond motifs is 1. The molecule has 7 rings (SSSR count). The fourth-order valence-electron chi connectivity index (χ4n) is 6.64.